The quantitative estimate of drug-likeness (QED) is 0.236. The highest BCUT2D eigenvalue weighted by atomic mass is 16.5. The van der Waals surface area contributed by atoms with Gasteiger partial charge in [0, 0.05) is 31.0 Å². The number of hydrogen-bond donors (Lipinski definition) is 1. The van der Waals surface area contributed by atoms with Crippen LogP contribution >= 0.6 is 0 Å². The highest BCUT2D eigenvalue weighted by molar-refractivity contribution is 6.51. The molecule has 1 unspecified atom stereocenters. The van der Waals surface area contributed by atoms with Crippen LogP contribution in [0, 0.1) is 0 Å². The molecule has 0 spiro atoms. The van der Waals surface area contributed by atoms with Gasteiger partial charge in [-0.3, -0.25) is 14.5 Å². The number of carbonyl (C=O) groups excluding carboxylic acids is 2. The van der Waals surface area contributed by atoms with Gasteiger partial charge in [0.15, 0.2) is 0 Å². The van der Waals surface area contributed by atoms with E-state index in [4.69, 9.17) is 4.74 Å². The summed E-state index contributed by atoms with van der Waals surface area (Å²) >= 11 is 0. The number of aliphatic hydroxyl groups excluding tert-OH is 1. The Hall–Kier alpha value is -4.06. The molecule has 3 aromatic carbocycles. The fourth-order valence-electron chi connectivity index (χ4n) is 4.53. The molecule has 0 radical (unpaired) electrons. The van der Waals surface area contributed by atoms with Crippen molar-refractivity contribution in [2.24, 2.45) is 0 Å². The third-order valence-corrected chi connectivity index (χ3v) is 6.49. The number of carbonyl (C=O) groups is 2. The minimum Gasteiger partial charge on any atom is -0.507 e. The maximum atomic E-state index is 13.5. The van der Waals surface area contributed by atoms with Crippen molar-refractivity contribution in [1.29, 1.82) is 0 Å². The van der Waals surface area contributed by atoms with Crippen LogP contribution < -0.4 is 14.5 Å². The van der Waals surface area contributed by atoms with Gasteiger partial charge >= 0.3 is 0 Å². The summed E-state index contributed by atoms with van der Waals surface area (Å²) in [5.41, 5.74) is 3.93. The number of anilines is 2. The predicted molar refractivity (Wildman–Crippen MR) is 148 cm³/mol. The van der Waals surface area contributed by atoms with Gasteiger partial charge < -0.3 is 14.7 Å². The maximum absolute atomic E-state index is 13.5. The number of nitrogens with zero attached hydrogens (tertiary/aromatic N) is 2. The summed E-state index contributed by atoms with van der Waals surface area (Å²) in [5, 5.41) is 11.4. The fourth-order valence-corrected chi connectivity index (χ4v) is 4.53. The molecule has 37 heavy (non-hydrogen) atoms. The highest BCUT2D eigenvalue weighted by Gasteiger charge is 2.47. The molecule has 1 atom stereocenters. The van der Waals surface area contributed by atoms with E-state index in [2.05, 4.69) is 13.8 Å². The molecule has 192 valence electrons. The molecule has 0 saturated carbocycles. The molecule has 0 bridgehead atoms. The molecule has 1 aliphatic heterocycles. The molecule has 0 aliphatic carbocycles. The molecule has 1 heterocycles. The highest BCUT2D eigenvalue weighted by Crippen LogP contribution is 2.43. The van der Waals surface area contributed by atoms with Gasteiger partial charge in [-0.05, 0) is 67.3 Å². The number of ether oxygens (including phenoxy) is 1. The summed E-state index contributed by atoms with van der Waals surface area (Å²) in [6.07, 6.45) is -0.0485. The summed E-state index contributed by atoms with van der Waals surface area (Å²) < 4.78 is 5.78. The zero-order valence-electron chi connectivity index (χ0n) is 22.2. The summed E-state index contributed by atoms with van der Waals surface area (Å²) in [6.45, 7) is 8.06. The van der Waals surface area contributed by atoms with E-state index in [0.717, 1.165) is 16.8 Å². The summed E-state index contributed by atoms with van der Waals surface area (Å²) in [6, 6.07) is 21.5. The number of ketones is 1. The van der Waals surface area contributed by atoms with Gasteiger partial charge in [-0.25, -0.2) is 0 Å². The van der Waals surface area contributed by atoms with Gasteiger partial charge in [0.25, 0.3) is 11.7 Å². The SMILES string of the molecule is CC(C)Oc1cccc(/C(O)=C2/C(=O)C(=O)N(c3ccc(N(C)C)cc3)C2c2ccc(C(C)C)cc2)c1. The number of benzene rings is 3. The monoisotopic (exact) mass is 498 g/mol. The van der Waals surface area contributed by atoms with Crippen molar-refractivity contribution in [1.82, 2.24) is 0 Å². The second-order valence-electron chi connectivity index (χ2n) is 10.1. The van der Waals surface area contributed by atoms with Crippen LogP contribution in [-0.4, -0.2) is 37.0 Å². The first kappa shape index (κ1) is 26.0. The molecule has 6 heteroatoms. The molecule has 1 aliphatic rings. The van der Waals surface area contributed by atoms with E-state index in [1.165, 1.54) is 4.90 Å². The van der Waals surface area contributed by atoms with Crippen LogP contribution in [0.1, 0.15) is 56.3 Å². The van der Waals surface area contributed by atoms with Crippen LogP contribution in [-0.2, 0) is 9.59 Å². The van der Waals surface area contributed by atoms with Gasteiger partial charge in [-0.15, -0.1) is 0 Å². The van der Waals surface area contributed by atoms with E-state index in [1.807, 2.05) is 81.4 Å². The van der Waals surface area contributed by atoms with E-state index < -0.39 is 17.7 Å². The van der Waals surface area contributed by atoms with Crippen molar-refractivity contribution in [3.63, 3.8) is 0 Å². The first-order chi connectivity index (χ1) is 17.6. The smallest absolute Gasteiger partial charge is 0.300 e. The molecule has 1 saturated heterocycles. The van der Waals surface area contributed by atoms with Crippen LogP contribution in [0.25, 0.3) is 5.76 Å². The summed E-state index contributed by atoms with van der Waals surface area (Å²) in [4.78, 5) is 30.3. The normalized spacial score (nSPS) is 17.1. The number of hydrogen-bond acceptors (Lipinski definition) is 5. The summed E-state index contributed by atoms with van der Waals surface area (Å²) in [7, 11) is 3.88. The van der Waals surface area contributed by atoms with E-state index in [0.29, 0.717) is 22.9 Å². The van der Waals surface area contributed by atoms with E-state index >= 15 is 0 Å². The minimum absolute atomic E-state index is 0.0485. The lowest BCUT2D eigenvalue weighted by Crippen LogP contribution is -2.29. The van der Waals surface area contributed by atoms with Crippen LogP contribution in [0.15, 0.2) is 78.4 Å². The lowest BCUT2D eigenvalue weighted by molar-refractivity contribution is -0.132. The van der Waals surface area contributed by atoms with E-state index in [1.54, 1.807) is 24.3 Å². The average molecular weight is 499 g/mol. The molecule has 1 N–H and O–H groups in total. The largest absolute Gasteiger partial charge is 0.507 e. The van der Waals surface area contributed by atoms with Crippen molar-refractivity contribution < 1.29 is 19.4 Å². The van der Waals surface area contributed by atoms with Crippen LogP contribution in [0.3, 0.4) is 0 Å². The molecule has 6 nitrogen and oxygen atoms in total. The Kier molecular flexibility index (Phi) is 7.39. The number of rotatable bonds is 7. The van der Waals surface area contributed by atoms with Gasteiger partial charge in [0.2, 0.25) is 0 Å². The van der Waals surface area contributed by atoms with Crippen molar-refractivity contribution in [2.75, 3.05) is 23.9 Å². The van der Waals surface area contributed by atoms with Crippen LogP contribution in [0.4, 0.5) is 11.4 Å². The second-order valence-corrected chi connectivity index (χ2v) is 10.1. The standard InChI is InChI=1S/C31H34N2O4/c1-19(2)21-10-12-22(13-11-21)28-27(29(34)23-8-7-9-26(18-23)37-20(3)4)30(35)31(36)33(28)25-16-14-24(15-17-25)32(5)6/h7-20,28,34H,1-6H3/b29-27-. The zero-order valence-corrected chi connectivity index (χ0v) is 22.2. The van der Waals surface area contributed by atoms with Gasteiger partial charge in [0.05, 0.1) is 17.7 Å². The van der Waals surface area contributed by atoms with E-state index in [-0.39, 0.29) is 17.4 Å². The van der Waals surface area contributed by atoms with Crippen molar-refractivity contribution >= 4 is 28.8 Å². The molecule has 1 amide bonds. The Bertz CT molecular complexity index is 1320. The first-order valence-corrected chi connectivity index (χ1v) is 12.5. The number of amides is 1. The predicted octanol–water partition coefficient (Wildman–Crippen LogP) is 6.29. The molecule has 3 aromatic rings. The minimum atomic E-state index is -0.777. The molecule has 1 fully saturated rings. The van der Waals surface area contributed by atoms with Gasteiger partial charge in [-0.2, -0.15) is 0 Å². The fraction of sp³-hybridized carbons (Fsp3) is 0.290. The Morgan fingerprint density at radius 2 is 1.57 bits per heavy atom. The van der Waals surface area contributed by atoms with Crippen molar-refractivity contribution in [3.8, 4) is 5.75 Å². The summed E-state index contributed by atoms with van der Waals surface area (Å²) in [5.74, 6) is -0.708. The lowest BCUT2D eigenvalue weighted by atomic mass is 9.93. The molecule has 4 rings (SSSR count). The topological polar surface area (TPSA) is 70.1 Å². The first-order valence-electron chi connectivity index (χ1n) is 12.5. The lowest BCUT2D eigenvalue weighted by Gasteiger charge is -2.26. The zero-order chi connectivity index (χ0) is 26.9. The van der Waals surface area contributed by atoms with Crippen LogP contribution in [0.5, 0.6) is 5.75 Å². The maximum Gasteiger partial charge on any atom is 0.300 e. The molecular formula is C31H34N2O4. The Labute approximate surface area is 218 Å². The molecule has 0 aromatic heterocycles. The Balaban J connectivity index is 1.88. The second kappa shape index (κ2) is 10.5. The Morgan fingerprint density at radius 3 is 2.14 bits per heavy atom. The van der Waals surface area contributed by atoms with Crippen molar-refractivity contribution in [3.05, 3.63) is 95.1 Å². The van der Waals surface area contributed by atoms with Gasteiger partial charge in [-0.1, -0.05) is 50.2 Å². The number of aliphatic hydroxyl groups is 1. The van der Waals surface area contributed by atoms with Crippen molar-refractivity contribution in [2.45, 2.75) is 45.8 Å². The molecular weight excluding hydrogens is 464 g/mol. The third-order valence-electron chi connectivity index (χ3n) is 6.49. The van der Waals surface area contributed by atoms with Gasteiger partial charge in [0.1, 0.15) is 11.5 Å². The average Bonchev–Trinajstić information content (AvgIpc) is 3.13. The van der Waals surface area contributed by atoms with Crippen LogP contribution in [0.2, 0.25) is 0 Å². The third kappa shape index (κ3) is 5.24. The number of Topliss-reactive ketones (excluding diaryl/α,β-unsaturated/α-hetero) is 1. The Morgan fingerprint density at radius 1 is 0.919 bits per heavy atom. The van der Waals surface area contributed by atoms with E-state index in [9.17, 15) is 14.7 Å².